The van der Waals surface area contributed by atoms with Gasteiger partial charge in [-0.2, -0.15) is 0 Å². The van der Waals surface area contributed by atoms with E-state index in [4.69, 9.17) is 0 Å². The van der Waals surface area contributed by atoms with E-state index in [1.807, 2.05) is 52.7 Å². The molecule has 0 aliphatic carbocycles. The van der Waals surface area contributed by atoms with E-state index in [1.54, 1.807) is 23.7 Å². The van der Waals surface area contributed by atoms with Gasteiger partial charge in [0.15, 0.2) is 0 Å². The molecule has 4 rings (SSSR count). The van der Waals surface area contributed by atoms with Gasteiger partial charge in [0.25, 0.3) is 5.91 Å². The smallest absolute Gasteiger partial charge is 0.253 e. The van der Waals surface area contributed by atoms with Crippen LogP contribution in [0.15, 0.2) is 66.3 Å². The Morgan fingerprint density at radius 2 is 1.86 bits per heavy atom. The van der Waals surface area contributed by atoms with E-state index in [2.05, 4.69) is 16.4 Å². The van der Waals surface area contributed by atoms with Crippen LogP contribution in [0.5, 0.6) is 0 Å². The standard InChI is InChI=1S/C23H23N3O2S/c27-22(25-16-17-3-1-11-24-15-17)19-9-12-26(13-10-19)23(28)20-7-5-18(6-8-20)21-4-2-14-29-21/h1-8,11,14-15,19H,9-10,12-13,16H2,(H,25,27). The summed E-state index contributed by atoms with van der Waals surface area (Å²) >= 11 is 1.69. The number of rotatable bonds is 5. The molecule has 148 valence electrons. The van der Waals surface area contributed by atoms with Crippen LogP contribution in [0.2, 0.25) is 0 Å². The zero-order valence-electron chi connectivity index (χ0n) is 16.1. The second-order valence-corrected chi connectivity index (χ2v) is 8.15. The number of pyridine rings is 1. The summed E-state index contributed by atoms with van der Waals surface area (Å²) in [5.41, 5.74) is 2.81. The fourth-order valence-electron chi connectivity index (χ4n) is 3.58. The number of carbonyl (C=O) groups excluding carboxylic acids is 2. The van der Waals surface area contributed by atoms with Crippen molar-refractivity contribution in [1.82, 2.24) is 15.2 Å². The van der Waals surface area contributed by atoms with Crippen LogP contribution >= 0.6 is 11.3 Å². The predicted octanol–water partition coefficient (Wildman–Crippen LogP) is 3.98. The Hall–Kier alpha value is -2.99. The Morgan fingerprint density at radius 3 is 2.52 bits per heavy atom. The van der Waals surface area contributed by atoms with Gasteiger partial charge in [-0.05, 0) is 53.6 Å². The molecule has 1 aromatic carbocycles. The van der Waals surface area contributed by atoms with Crippen molar-refractivity contribution in [2.24, 2.45) is 5.92 Å². The molecule has 0 radical (unpaired) electrons. The molecule has 1 fully saturated rings. The number of hydrogen-bond acceptors (Lipinski definition) is 4. The molecule has 0 bridgehead atoms. The van der Waals surface area contributed by atoms with E-state index in [9.17, 15) is 9.59 Å². The zero-order chi connectivity index (χ0) is 20.1. The summed E-state index contributed by atoms with van der Waals surface area (Å²) in [6.45, 7) is 1.70. The van der Waals surface area contributed by atoms with E-state index >= 15 is 0 Å². The highest BCUT2D eigenvalue weighted by Gasteiger charge is 2.27. The largest absolute Gasteiger partial charge is 0.352 e. The topological polar surface area (TPSA) is 62.3 Å². The Morgan fingerprint density at radius 1 is 1.07 bits per heavy atom. The summed E-state index contributed by atoms with van der Waals surface area (Å²) in [4.78, 5) is 32.3. The maximum absolute atomic E-state index is 12.8. The van der Waals surface area contributed by atoms with Crippen LogP contribution in [0, 0.1) is 5.92 Å². The maximum Gasteiger partial charge on any atom is 0.253 e. The Balaban J connectivity index is 1.28. The van der Waals surface area contributed by atoms with Gasteiger partial charge in [-0.3, -0.25) is 14.6 Å². The normalized spacial score (nSPS) is 14.6. The highest BCUT2D eigenvalue weighted by Crippen LogP contribution is 2.25. The van der Waals surface area contributed by atoms with E-state index in [0.717, 1.165) is 11.1 Å². The third kappa shape index (κ3) is 4.71. The van der Waals surface area contributed by atoms with Gasteiger partial charge in [0.2, 0.25) is 5.91 Å². The lowest BCUT2D eigenvalue weighted by Crippen LogP contribution is -2.42. The van der Waals surface area contributed by atoms with Gasteiger partial charge in [0.05, 0.1) is 0 Å². The molecule has 6 heteroatoms. The number of hydrogen-bond donors (Lipinski definition) is 1. The molecule has 1 aliphatic rings. The van der Waals surface area contributed by atoms with Gasteiger partial charge in [-0.1, -0.05) is 24.3 Å². The van der Waals surface area contributed by atoms with Crippen LogP contribution in [0.1, 0.15) is 28.8 Å². The maximum atomic E-state index is 12.8. The van der Waals surface area contributed by atoms with Gasteiger partial charge in [0, 0.05) is 48.4 Å². The average Bonchev–Trinajstić information content (AvgIpc) is 3.33. The van der Waals surface area contributed by atoms with Gasteiger partial charge >= 0.3 is 0 Å². The molecule has 2 amide bonds. The van der Waals surface area contributed by atoms with E-state index in [1.165, 1.54) is 4.88 Å². The van der Waals surface area contributed by atoms with Gasteiger partial charge in [-0.15, -0.1) is 11.3 Å². The molecule has 5 nitrogen and oxygen atoms in total. The van der Waals surface area contributed by atoms with Crippen molar-refractivity contribution in [3.63, 3.8) is 0 Å². The highest BCUT2D eigenvalue weighted by molar-refractivity contribution is 7.13. The molecule has 3 heterocycles. The lowest BCUT2D eigenvalue weighted by atomic mass is 9.95. The minimum Gasteiger partial charge on any atom is -0.352 e. The Kier molecular flexibility index (Phi) is 6.00. The molecule has 0 saturated carbocycles. The van der Waals surface area contributed by atoms with Crippen molar-refractivity contribution in [3.05, 3.63) is 77.4 Å². The Bertz CT molecular complexity index is 948. The van der Waals surface area contributed by atoms with E-state index in [0.29, 0.717) is 38.0 Å². The molecule has 0 spiro atoms. The number of nitrogens with zero attached hydrogens (tertiary/aromatic N) is 2. The SMILES string of the molecule is O=C(NCc1cccnc1)C1CCN(C(=O)c2ccc(-c3cccs3)cc2)CC1. The first-order valence-corrected chi connectivity index (χ1v) is 10.7. The molecular weight excluding hydrogens is 382 g/mol. The van der Waals surface area contributed by atoms with Gasteiger partial charge in [0.1, 0.15) is 0 Å². The molecule has 0 unspecified atom stereocenters. The van der Waals surface area contributed by atoms with Crippen LogP contribution in [-0.2, 0) is 11.3 Å². The molecule has 29 heavy (non-hydrogen) atoms. The average molecular weight is 406 g/mol. The first-order chi connectivity index (χ1) is 14.2. The number of nitrogens with one attached hydrogen (secondary N) is 1. The summed E-state index contributed by atoms with van der Waals surface area (Å²) in [6.07, 6.45) is 4.86. The summed E-state index contributed by atoms with van der Waals surface area (Å²) in [5, 5.41) is 5.03. The lowest BCUT2D eigenvalue weighted by molar-refractivity contribution is -0.126. The van der Waals surface area contributed by atoms with E-state index < -0.39 is 0 Å². The number of amides is 2. The van der Waals surface area contributed by atoms with Crippen molar-refractivity contribution < 1.29 is 9.59 Å². The lowest BCUT2D eigenvalue weighted by Gasteiger charge is -2.31. The Labute approximate surface area is 174 Å². The second kappa shape index (κ2) is 9.01. The van der Waals surface area contributed by atoms with Crippen molar-refractivity contribution in [2.45, 2.75) is 19.4 Å². The number of benzene rings is 1. The monoisotopic (exact) mass is 405 g/mol. The fraction of sp³-hybridized carbons (Fsp3) is 0.261. The first-order valence-electron chi connectivity index (χ1n) is 9.80. The van der Waals surface area contributed by atoms with Crippen molar-refractivity contribution >= 4 is 23.2 Å². The quantitative estimate of drug-likeness (QED) is 0.698. The molecule has 2 aromatic heterocycles. The van der Waals surface area contributed by atoms with E-state index in [-0.39, 0.29) is 17.7 Å². The number of likely N-dealkylation sites (tertiary alicyclic amines) is 1. The van der Waals surface area contributed by atoms with Crippen LogP contribution in [0.3, 0.4) is 0 Å². The van der Waals surface area contributed by atoms with Crippen LogP contribution in [-0.4, -0.2) is 34.8 Å². The second-order valence-electron chi connectivity index (χ2n) is 7.20. The predicted molar refractivity (Wildman–Crippen MR) is 114 cm³/mol. The molecule has 1 saturated heterocycles. The molecular formula is C23H23N3O2S. The summed E-state index contributed by atoms with van der Waals surface area (Å²) in [6, 6.07) is 15.7. The number of thiophene rings is 1. The summed E-state index contributed by atoms with van der Waals surface area (Å²) < 4.78 is 0. The summed E-state index contributed by atoms with van der Waals surface area (Å²) in [5.74, 6) is 0.0510. The van der Waals surface area contributed by atoms with Gasteiger partial charge < -0.3 is 10.2 Å². The van der Waals surface area contributed by atoms with Crippen molar-refractivity contribution in [1.29, 1.82) is 0 Å². The minimum absolute atomic E-state index is 0.0388. The number of aromatic nitrogens is 1. The third-order valence-electron chi connectivity index (χ3n) is 5.28. The molecule has 0 atom stereocenters. The van der Waals surface area contributed by atoms with Crippen molar-refractivity contribution in [2.75, 3.05) is 13.1 Å². The van der Waals surface area contributed by atoms with Gasteiger partial charge in [-0.25, -0.2) is 0 Å². The molecule has 1 aliphatic heterocycles. The van der Waals surface area contributed by atoms with Crippen LogP contribution in [0.4, 0.5) is 0 Å². The van der Waals surface area contributed by atoms with Crippen LogP contribution < -0.4 is 5.32 Å². The molecule has 1 N–H and O–H groups in total. The summed E-state index contributed by atoms with van der Waals surface area (Å²) in [7, 11) is 0. The highest BCUT2D eigenvalue weighted by atomic mass is 32.1. The fourth-order valence-corrected chi connectivity index (χ4v) is 4.32. The van der Waals surface area contributed by atoms with Crippen molar-refractivity contribution in [3.8, 4) is 10.4 Å². The number of carbonyl (C=O) groups is 2. The minimum atomic E-state index is -0.0445. The molecule has 3 aromatic rings. The number of piperidine rings is 1. The zero-order valence-corrected chi connectivity index (χ0v) is 16.9. The first kappa shape index (κ1) is 19.3. The third-order valence-corrected chi connectivity index (χ3v) is 6.20. The van der Waals surface area contributed by atoms with Crippen LogP contribution in [0.25, 0.3) is 10.4 Å².